The van der Waals surface area contributed by atoms with Gasteiger partial charge < -0.3 is 14.2 Å². The third kappa shape index (κ3) is 4.57. The molecule has 0 aliphatic heterocycles. The van der Waals surface area contributed by atoms with Gasteiger partial charge in [-0.3, -0.25) is 9.59 Å². The van der Waals surface area contributed by atoms with Crippen LogP contribution in [0.2, 0.25) is 0 Å². The van der Waals surface area contributed by atoms with Crippen molar-refractivity contribution in [1.82, 2.24) is 0 Å². The van der Waals surface area contributed by atoms with E-state index in [2.05, 4.69) is 4.74 Å². The number of hydrogen-bond acceptors (Lipinski definition) is 5. The van der Waals surface area contributed by atoms with Gasteiger partial charge in [0, 0.05) is 12.5 Å². The van der Waals surface area contributed by atoms with Gasteiger partial charge in [0.1, 0.15) is 11.5 Å². The molecule has 0 aliphatic carbocycles. The Morgan fingerprint density at radius 1 is 1.05 bits per heavy atom. The summed E-state index contributed by atoms with van der Waals surface area (Å²) in [5.41, 5.74) is 0.458. The molecule has 110 valence electrons. The van der Waals surface area contributed by atoms with E-state index in [9.17, 15) is 9.59 Å². The highest BCUT2D eigenvalue weighted by atomic mass is 16.5. The molecule has 5 nitrogen and oxygen atoms in total. The molecule has 0 atom stereocenters. The summed E-state index contributed by atoms with van der Waals surface area (Å²) < 4.78 is 15.4. The fourth-order valence-corrected chi connectivity index (χ4v) is 1.72. The Morgan fingerprint density at radius 3 is 2.35 bits per heavy atom. The van der Waals surface area contributed by atoms with Gasteiger partial charge in [-0.15, -0.1) is 0 Å². The Balaban J connectivity index is 2.86. The van der Waals surface area contributed by atoms with Crippen LogP contribution in [-0.4, -0.2) is 32.1 Å². The van der Waals surface area contributed by atoms with Crippen molar-refractivity contribution in [3.63, 3.8) is 0 Å². The molecule has 0 heterocycles. The van der Waals surface area contributed by atoms with Gasteiger partial charge in [-0.2, -0.15) is 0 Å². The number of rotatable bonds is 8. The number of carbonyl (C=O) groups is 2. The fraction of sp³-hybridized carbons (Fsp3) is 0.467. The number of hydrogen-bond donors (Lipinski definition) is 0. The number of ether oxygens (including phenoxy) is 3. The lowest BCUT2D eigenvalue weighted by Gasteiger charge is -2.11. The maximum absolute atomic E-state index is 12.1. The first-order valence-corrected chi connectivity index (χ1v) is 6.62. The van der Waals surface area contributed by atoms with Crippen LogP contribution in [0, 0.1) is 0 Å². The first kappa shape index (κ1) is 16.0. The summed E-state index contributed by atoms with van der Waals surface area (Å²) in [6, 6.07) is 5.07. The Bertz CT molecular complexity index is 467. The molecule has 0 N–H and O–H groups in total. The maximum Gasteiger partial charge on any atom is 0.305 e. The number of esters is 1. The first-order valence-electron chi connectivity index (χ1n) is 6.62. The van der Waals surface area contributed by atoms with Crippen LogP contribution < -0.4 is 9.47 Å². The minimum Gasteiger partial charge on any atom is -0.494 e. The van der Waals surface area contributed by atoms with Crippen LogP contribution in [0.1, 0.15) is 37.0 Å². The van der Waals surface area contributed by atoms with E-state index in [-0.39, 0.29) is 18.6 Å². The van der Waals surface area contributed by atoms with Crippen molar-refractivity contribution in [3.05, 3.63) is 23.8 Å². The molecule has 0 spiro atoms. The lowest BCUT2D eigenvalue weighted by Crippen LogP contribution is -2.08. The van der Waals surface area contributed by atoms with Gasteiger partial charge in [0.25, 0.3) is 0 Å². The van der Waals surface area contributed by atoms with E-state index in [0.717, 1.165) is 0 Å². The van der Waals surface area contributed by atoms with Crippen molar-refractivity contribution in [3.8, 4) is 11.5 Å². The summed E-state index contributed by atoms with van der Waals surface area (Å²) >= 11 is 0. The van der Waals surface area contributed by atoms with Crippen LogP contribution in [-0.2, 0) is 9.53 Å². The third-order valence-electron chi connectivity index (χ3n) is 2.65. The zero-order chi connectivity index (χ0) is 15.0. The van der Waals surface area contributed by atoms with E-state index < -0.39 is 5.97 Å². The molecule has 0 radical (unpaired) electrons. The van der Waals surface area contributed by atoms with Crippen LogP contribution in [0.5, 0.6) is 11.5 Å². The first-order chi connectivity index (χ1) is 9.62. The van der Waals surface area contributed by atoms with Crippen molar-refractivity contribution < 1.29 is 23.8 Å². The summed E-state index contributed by atoms with van der Waals surface area (Å²) in [6.07, 6.45) is 0.162. The van der Waals surface area contributed by atoms with Gasteiger partial charge in [0.05, 0.1) is 32.3 Å². The zero-order valence-electron chi connectivity index (χ0n) is 12.1. The number of Topliss-reactive ketones (excluding diaryl/α,β-unsaturated/α-hetero) is 1. The molecule has 5 heteroatoms. The molecule has 0 amide bonds. The van der Waals surface area contributed by atoms with Gasteiger partial charge in [-0.05, 0) is 26.0 Å². The second-order valence-electron chi connectivity index (χ2n) is 4.02. The second-order valence-corrected chi connectivity index (χ2v) is 4.02. The average molecular weight is 280 g/mol. The predicted molar refractivity (Wildman–Crippen MR) is 74.4 cm³/mol. The van der Waals surface area contributed by atoms with E-state index >= 15 is 0 Å². The summed E-state index contributed by atoms with van der Waals surface area (Å²) in [7, 11) is 1.30. The van der Waals surface area contributed by atoms with Crippen LogP contribution in [0.25, 0.3) is 0 Å². The molecule has 0 aromatic heterocycles. The molecule has 20 heavy (non-hydrogen) atoms. The maximum atomic E-state index is 12.1. The highest BCUT2D eigenvalue weighted by Gasteiger charge is 2.15. The van der Waals surface area contributed by atoms with Gasteiger partial charge >= 0.3 is 5.97 Å². The molecule has 0 saturated carbocycles. The molecule has 0 aliphatic rings. The third-order valence-corrected chi connectivity index (χ3v) is 2.65. The van der Waals surface area contributed by atoms with Crippen LogP contribution in [0.3, 0.4) is 0 Å². The van der Waals surface area contributed by atoms with E-state index in [1.807, 2.05) is 13.8 Å². The number of benzene rings is 1. The van der Waals surface area contributed by atoms with E-state index in [1.54, 1.807) is 18.2 Å². The molecule has 1 aromatic carbocycles. The van der Waals surface area contributed by atoms with E-state index in [4.69, 9.17) is 9.47 Å². The van der Waals surface area contributed by atoms with Gasteiger partial charge in [0.15, 0.2) is 5.78 Å². The van der Waals surface area contributed by atoms with Crippen molar-refractivity contribution in [2.45, 2.75) is 26.7 Å². The number of methoxy groups -OCH3 is 1. The lowest BCUT2D eigenvalue weighted by atomic mass is 10.1. The smallest absolute Gasteiger partial charge is 0.305 e. The summed E-state index contributed by atoms with van der Waals surface area (Å²) in [6.45, 7) is 4.72. The SMILES string of the molecule is CCOc1ccc(C(=O)CCC(=O)OC)c(OCC)c1. The Morgan fingerprint density at radius 2 is 1.75 bits per heavy atom. The normalized spacial score (nSPS) is 9.95. The number of ketones is 1. The Labute approximate surface area is 118 Å². The van der Waals surface area contributed by atoms with Gasteiger partial charge in [-0.1, -0.05) is 0 Å². The summed E-state index contributed by atoms with van der Waals surface area (Å²) in [5.74, 6) is 0.581. The summed E-state index contributed by atoms with van der Waals surface area (Å²) in [4.78, 5) is 23.2. The molecule has 1 rings (SSSR count). The average Bonchev–Trinajstić information content (AvgIpc) is 2.45. The minimum atomic E-state index is -0.401. The van der Waals surface area contributed by atoms with E-state index in [0.29, 0.717) is 30.3 Å². The predicted octanol–water partition coefficient (Wildman–Crippen LogP) is 2.62. The number of carbonyl (C=O) groups excluding carboxylic acids is 2. The minimum absolute atomic E-state index is 0.0636. The topological polar surface area (TPSA) is 61.8 Å². The highest BCUT2D eigenvalue weighted by molar-refractivity contribution is 6.00. The monoisotopic (exact) mass is 280 g/mol. The highest BCUT2D eigenvalue weighted by Crippen LogP contribution is 2.26. The summed E-state index contributed by atoms with van der Waals surface area (Å²) in [5, 5.41) is 0. The fourth-order valence-electron chi connectivity index (χ4n) is 1.72. The molecule has 0 bridgehead atoms. The molecular weight excluding hydrogens is 260 g/mol. The quantitative estimate of drug-likeness (QED) is 0.541. The standard InChI is InChI=1S/C15H20O5/c1-4-19-11-6-7-12(14(10-11)20-5-2)13(16)8-9-15(17)18-3/h6-7,10H,4-5,8-9H2,1-3H3. The lowest BCUT2D eigenvalue weighted by molar-refractivity contribution is -0.140. The Kier molecular flexibility index (Phi) is 6.56. The van der Waals surface area contributed by atoms with Crippen molar-refractivity contribution in [2.24, 2.45) is 0 Å². The van der Waals surface area contributed by atoms with Gasteiger partial charge in [0.2, 0.25) is 0 Å². The van der Waals surface area contributed by atoms with Crippen molar-refractivity contribution in [2.75, 3.05) is 20.3 Å². The van der Waals surface area contributed by atoms with Crippen molar-refractivity contribution in [1.29, 1.82) is 0 Å². The molecule has 0 saturated heterocycles. The molecule has 0 fully saturated rings. The molecule has 0 unspecified atom stereocenters. The van der Waals surface area contributed by atoms with Crippen LogP contribution in [0.15, 0.2) is 18.2 Å². The van der Waals surface area contributed by atoms with Crippen LogP contribution >= 0.6 is 0 Å². The van der Waals surface area contributed by atoms with Crippen molar-refractivity contribution >= 4 is 11.8 Å². The van der Waals surface area contributed by atoms with Crippen LogP contribution in [0.4, 0.5) is 0 Å². The largest absolute Gasteiger partial charge is 0.494 e. The second kappa shape index (κ2) is 8.19. The molecule has 1 aromatic rings. The molecular formula is C15H20O5. The van der Waals surface area contributed by atoms with Gasteiger partial charge in [-0.25, -0.2) is 0 Å². The Hall–Kier alpha value is -2.04. The van der Waals surface area contributed by atoms with E-state index in [1.165, 1.54) is 7.11 Å². The zero-order valence-corrected chi connectivity index (χ0v) is 12.1.